The largest absolute Gasteiger partial charge is 0.481 e. The summed E-state index contributed by atoms with van der Waals surface area (Å²) in [6.07, 6.45) is 4.93. The fraction of sp³-hybridized carbons (Fsp3) is 0.769. The Morgan fingerprint density at radius 1 is 1.29 bits per heavy atom. The van der Waals surface area contributed by atoms with Crippen LogP contribution in [0.15, 0.2) is 12.2 Å². The summed E-state index contributed by atoms with van der Waals surface area (Å²) < 4.78 is 11.4. The predicted octanol–water partition coefficient (Wildman–Crippen LogP) is 1.60. The molecule has 2 aliphatic heterocycles. The first-order valence-corrected chi connectivity index (χ1v) is 6.20. The van der Waals surface area contributed by atoms with E-state index in [1.54, 1.807) is 6.92 Å². The lowest BCUT2D eigenvalue weighted by molar-refractivity contribution is -0.142. The van der Waals surface area contributed by atoms with Gasteiger partial charge in [-0.3, -0.25) is 4.79 Å². The van der Waals surface area contributed by atoms with E-state index in [2.05, 4.69) is 13.8 Å². The Bertz CT molecular complexity index is 402. The van der Waals surface area contributed by atoms with Crippen LogP contribution in [0.2, 0.25) is 0 Å². The van der Waals surface area contributed by atoms with Crippen LogP contribution in [-0.4, -0.2) is 34.5 Å². The molecule has 0 spiro atoms. The summed E-state index contributed by atoms with van der Waals surface area (Å²) in [6.45, 7) is 6.03. The monoisotopic (exact) mass is 238 g/mol. The van der Waals surface area contributed by atoms with Gasteiger partial charge in [-0.05, 0) is 19.3 Å². The summed E-state index contributed by atoms with van der Waals surface area (Å²) in [7, 11) is 0. The highest BCUT2D eigenvalue weighted by molar-refractivity contribution is 5.73. The molecule has 94 valence electrons. The van der Waals surface area contributed by atoms with Crippen LogP contribution in [0.1, 0.15) is 27.2 Å². The fourth-order valence-corrected chi connectivity index (χ4v) is 3.10. The minimum atomic E-state index is -0.811. The number of carboxylic acid groups (broad SMARTS) is 1. The zero-order valence-electron chi connectivity index (χ0n) is 10.3. The number of rotatable bonds is 4. The molecule has 0 amide bonds. The molecule has 0 bridgehead atoms. The first-order valence-electron chi connectivity index (χ1n) is 6.20. The Labute approximate surface area is 101 Å². The average Bonchev–Trinajstić information content (AvgIpc) is 3.05. The molecule has 0 radical (unpaired) electrons. The van der Waals surface area contributed by atoms with E-state index >= 15 is 0 Å². The highest BCUT2D eigenvalue weighted by Gasteiger charge is 2.76. The molecule has 1 N–H and O–H groups in total. The summed E-state index contributed by atoms with van der Waals surface area (Å²) in [5, 5.41) is 9.08. The number of hydrogen-bond donors (Lipinski definition) is 1. The van der Waals surface area contributed by atoms with Gasteiger partial charge >= 0.3 is 5.97 Å². The molecule has 4 heteroatoms. The maximum absolute atomic E-state index is 11.1. The second-order valence-corrected chi connectivity index (χ2v) is 5.88. The molecule has 2 saturated heterocycles. The molecule has 3 aliphatic rings. The number of carboxylic acids is 1. The van der Waals surface area contributed by atoms with Crippen molar-refractivity contribution in [3.63, 3.8) is 0 Å². The van der Waals surface area contributed by atoms with Crippen molar-refractivity contribution >= 4 is 5.97 Å². The molecule has 17 heavy (non-hydrogen) atoms. The SMILES string of the molecule is CC(C)CC12C=CC3(C(C)C(=O)O)OC3C1O2. The summed E-state index contributed by atoms with van der Waals surface area (Å²) in [5.41, 5.74) is -0.773. The fourth-order valence-electron chi connectivity index (χ4n) is 3.10. The summed E-state index contributed by atoms with van der Waals surface area (Å²) in [4.78, 5) is 11.1. The van der Waals surface area contributed by atoms with Gasteiger partial charge in [0.25, 0.3) is 0 Å². The van der Waals surface area contributed by atoms with E-state index in [0.29, 0.717) is 5.92 Å². The van der Waals surface area contributed by atoms with Crippen molar-refractivity contribution in [3.8, 4) is 0 Å². The van der Waals surface area contributed by atoms with Gasteiger partial charge < -0.3 is 14.6 Å². The van der Waals surface area contributed by atoms with Crippen LogP contribution in [-0.2, 0) is 14.3 Å². The summed E-state index contributed by atoms with van der Waals surface area (Å²) in [5.74, 6) is -0.757. The number of aliphatic carboxylic acids is 1. The molecule has 0 aromatic carbocycles. The highest BCUT2D eigenvalue weighted by Crippen LogP contribution is 2.61. The molecule has 2 heterocycles. The van der Waals surface area contributed by atoms with Crippen LogP contribution in [0.4, 0.5) is 0 Å². The van der Waals surface area contributed by atoms with Crippen LogP contribution in [0.3, 0.4) is 0 Å². The maximum atomic E-state index is 11.1. The second kappa shape index (κ2) is 3.12. The maximum Gasteiger partial charge on any atom is 0.309 e. The van der Waals surface area contributed by atoms with Crippen molar-refractivity contribution in [2.24, 2.45) is 11.8 Å². The Hall–Kier alpha value is -0.870. The number of hydrogen-bond acceptors (Lipinski definition) is 3. The van der Waals surface area contributed by atoms with Crippen molar-refractivity contribution in [1.82, 2.24) is 0 Å². The van der Waals surface area contributed by atoms with E-state index in [1.165, 1.54) is 0 Å². The van der Waals surface area contributed by atoms with Crippen LogP contribution in [0.25, 0.3) is 0 Å². The Morgan fingerprint density at radius 2 is 2.00 bits per heavy atom. The molecular formula is C13H18O4. The van der Waals surface area contributed by atoms with Gasteiger partial charge in [-0.25, -0.2) is 0 Å². The van der Waals surface area contributed by atoms with Crippen LogP contribution in [0.5, 0.6) is 0 Å². The zero-order valence-corrected chi connectivity index (χ0v) is 10.3. The molecule has 2 fully saturated rings. The third-order valence-electron chi connectivity index (χ3n) is 4.16. The standard InChI is InChI=1S/C13H18O4/c1-7(2)6-12-4-5-13(8(3)11(14)15)10(17-13)9(12)16-12/h4-5,7-10H,6H2,1-3H3,(H,14,15). The molecule has 5 atom stereocenters. The Balaban J connectivity index is 1.80. The number of fused-ring (bicyclic) bond motifs is 3. The van der Waals surface area contributed by atoms with E-state index in [0.717, 1.165) is 6.42 Å². The molecule has 0 saturated carbocycles. The smallest absolute Gasteiger partial charge is 0.309 e. The third kappa shape index (κ3) is 1.40. The van der Waals surface area contributed by atoms with Gasteiger partial charge in [0.05, 0.1) is 5.92 Å². The molecule has 5 unspecified atom stereocenters. The lowest BCUT2D eigenvalue weighted by Crippen LogP contribution is -2.35. The topological polar surface area (TPSA) is 62.4 Å². The summed E-state index contributed by atoms with van der Waals surface area (Å²) >= 11 is 0. The molecule has 3 rings (SSSR count). The predicted molar refractivity (Wildman–Crippen MR) is 60.6 cm³/mol. The van der Waals surface area contributed by atoms with Crippen LogP contribution < -0.4 is 0 Å². The lowest BCUT2D eigenvalue weighted by Gasteiger charge is -2.19. The van der Waals surface area contributed by atoms with E-state index in [1.807, 2.05) is 12.2 Å². The molecule has 1 aliphatic carbocycles. The van der Waals surface area contributed by atoms with Crippen molar-refractivity contribution in [3.05, 3.63) is 12.2 Å². The van der Waals surface area contributed by atoms with Crippen LogP contribution in [0, 0.1) is 11.8 Å². The zero-order chi connectivity index (χ0) is 12.4. The number of ether oxygens (including phenoxy) is 2. The van der Waals surface area contributed by atoms with Gasteiger partial charge in [0, 0.05) is 0 Å². The van der Waals surface area contributed by atoms with Crippen molar-refractivity contribution in [2.75, 3.05) is 0 Å². The first-order chi connectivity index (χ1) is 7.91. The van der Waals surface area contributed by atoms with E-state index in [9.17, 15) is 4.79 Å². The van der Waals surface area contributed by atoms with Gasteiger partial charge in [0.15, 0.2) is 0 Å². The van der Waals surface area contributed by atoms with E-state index < -0.39 is 17.5 Å². The number of carbonyl (C=O) groups is 1. The quantitative estimate of drug-likeness (QED) is 0.597. The molecule has 0 aromatic rings. The van der Waals surface area contributed by atoms with Gasteiger partial charge in [0.2, 0.25) is 0 Å². The Morgan fingerprint density at radius 3 is 2.59 bits per heavy atom. The summed E-state index contributed by atoms with van der Waals surface area (Å²) in [6, 6.07) is 0. The number of epoxide rings is 2. The molecule has 4 nitrogen and oxygen atoms in total. The van der Waals surface area contributed by atoms with Gasteiger partial charge in [-0.2, -0.15) is 0 Å². The Kier molecular flexibility index (Phi) is 2.06. The normalized spacial score (nSPS) is 47.3. The average molecular weight is 238 g/mol. The van der Waals surface area contributed by atoms with Gasteiger partial charge in [0.1, 0.15) is 23.4 Å². The van der Waals surface area contributed by atoms with Crippen molar-refractivity contribution in [1.29, 1.82) is 0 Å². The molecule has 0 aromatic heterocycles. The third-order valence-corrected chi connectivity index (χ3v) is 4.16. The molecular weight excluding hydrogens is 220 g/mol. The van der Waals surface area contributed by atoms with E-state index in [4.69, 9.17) is 14.6 Å². The van der Waals surface area contributed by atoms with Gasteiger partial charge in [-0.1, -0.05) is 26.0 Å². The minimum absolute atomic E-state index is 0.0580. The van der Waals surface area contributed by atoms with Crippen molar-refractivity contribution in [2.45, 2.75) is 50.6 Å². The van der Waals surface area contributed by atoms with E-state index in [-0.39, 0.29) is 17.8 Å². The van der Waals surface area contributed by atoms with Crippen LogP contribution >= 0.6 is 0 Å². The first kappa shape index (κ1) is 11.2. The highest BCUT2D eigenvalue weighted by atomic mass is 16.7. The van der Waals surface area contributed by atoms with Crippen molar-refractivity contribution < 1.29 is 19.4 Å². The van der Waals surface area contributed by atoms with Gasteiger partial charge in [-0.15, -0.1) is 0 Å². The second-order valence-electron chi connectivity index (χ2n) is 5.88. The lowest BCUT2D eigenvalue weighted by atomic mass is 9.79. The minimum Gasteiger partial charge on any atom is -0.481 e.